The van der Waals surface area contributed by atoms with Gasteiger partial charge < -0.3 is 18.7 Å². The Morgan fingerprint density at radius 2 is 1.35 bits per heavy atom. The molecule has 0 radical (unpaired) electrons. The normalized spacial score (nSPS) is 10.7. The quantitative estimate of drug-likeness (QED) is 0.199. The predicted molar refractivity (Wildman–Crippen MR) is 146 cm³/mol. The number of hydrogen-bond acceptors (Lipinski definition) is 4. The summed E-state index contributed by atoms with van der Waals surface area (Å²) in [6, 6.07) is 25.9. The van der Waals surface area contributed by atoms with Crippen molar-refractivity contribution in [2.24, 2.45) is 0 Å². The highest BCUT2D eigenvalue weighted by Crippen LogP contribution is 2.30. The minimum Gasteiger partial charge on any atom is -0.488 e. The molecule has 0 saturated carbocycles. The highest BCUT2D eigenvalue weighted by Gasteiger charge is 2.10. The van der Waals surface area contributed by atoms with E-state index in [1.165, 1.54) is 0 Å². The van der Waals surface area contributed by atoms with Gasteiger partial charge in [0.05, 0.1) is 35.9 Å². The number of furan rings is 2. The molecule has 0 aliphatic rings. The molecule has 5 nitrogen and oxygen atoms in total. The fourth-order valence-corrected chi connectivity index (χ4v) is 4.65. The van der Waals surface area contributed by atoms with Crippen molar-refractivity contribution in [3.63, 3.8) is 0 Å². The van der Waals surface area contributed by atoms with E-state index in [4.69, 9.17) is 18.7 Å². The molecule has 0 spiro atoms. The lowest BCUT2D eigenvalue weighted by atomic mass is 9.94. The van der Waals surface area contributed by atoms with Crippen LogP contribution in [0.15, 0.2) is 123 Å². The van der Waals surface area contributed by atoms with Crippen LogP contribution >= 0.6 is 15.9 Å². The first-order chi connectivity index (χ1) is 18.1. The van der Waals surface area contributed by atoms with Gasteiger partial charge in [0.1, 0.15) is 12.4 Å². The third kappa shape index (κ3) is 5.93. The minimum absolute atomic E-state index is 0.0352. The summed E-state index contributed by atoms with van der Waals surface area (Å²) in [5.41, 5.74) is 8.07. The Labute approximate surface area is 222 Å². The average Bonchev–Trinajstić information content (AvgIpc) is 3.63. The molecule has 0 fully saturated rings. The Bertz CT molecular complexity index is 1420. The molecule has 0 bridgehead atoms. The van der Waals surface area contributed by atoms with E-state index in [-0.39, 0.29) is 6.42 Å². The summed E-state index contributed by atoms with van der Waals surface area (Å²) in [6.45, 7) is 0.333. The smallest absolute Gasteiger partial charge is 0.307 e. The number of rotatable bonds is 9. The van der Waals surface area contributed by atoms with E-state index in [1.807, 2.05) is 12.1 Å². The number of carbonyl (C=O) groups is 1. The van der Waals surface area contributed by atoms with Gasteiger partial charge in [-0.1, -0.05) is 54.6 Å². The third-order valence-corrected chi connectivity index (χ3v) is 6.60. The fraction of sp³-hybridized carbons (Fsp3) is 0.0645. The van der Waals surface area contributed by atoms with Crippen LogP contribution in [0, 0.1) is 0 Å². The second-order valence-electron chi connectivity index (χ2n) is 8.44. The van der Waals surface area contributed by atoms with Gasteiger partial charge in [-0.15, -0.1) is 0 Å². The van der Waals surface area contributed by atoms with E-state index >= 15 is 0 Å². The van der Waals surface area contributed by atoms with Gasteiger partial charge in [-0.3, -0.25) is 4.79 Å². The van der Waals surface area contributed by atoms with Gasteiger partial charge in [0, 0.05) is 11.1 Å². The Hall–Kier alpha value is -4.29. The largest absolute Gasteiger partial charge is 0.488 e. The Balaban J connectivity index is 1.41. The van der Waals surface area contributed by atoms with Crippen molar-refractivity contribution < 1.29 is 23.5 Å². The van der Waals surface area contributed by atoms with Crippen LogP contribution < -0.4 is 4.74 Å². The van der Waals surface area contributed by atoms with Crippen LogP contribution in [0.3, 0.4) is 0 Å². The molecule has 1 N–H and O–H groups in total. The molecule has 37 heavy (non-hydrogen) atoms. The van der Waals surface area contributed by atoms with Crippen LogP contribution in [-0.4, -0.2) is 17.7 Å². The number of ether oxygens (including phenoxy) is 1. The zero-order valence-corrected chi connectivity index (χ0v) is 21.4. The van der Waals surface area contributed by atoms with Crippen molar-refractivity contribution in [3.05, 3.63) is 131 Å². The summed E-state index contributed by atoms with van der Waals surface area (Å²) >= 11 is 3.49. The van der Waals surface area contributed by atoms with E-state index < -0.39 is 5.97 Å². The zero-order valence-electron chi connectivity index (χ0n) is 19.8. The minimum atomic E-state index is -0.870. The summed E-state index contributed by atoms with van der Waals surface area (Å²) in [5, 5.41) is 9.02. The first-order valence-corrected chi connectivity index (χ1v) is 12.5. The number of aliphatic carboxylic acids is 1. The fourth-order valence-electron chi connectivity index (χ4n) is 4.11. The first-order valence-electron chi connectivity index (χ1n) is 11.7. The SMILES string of the molecule is O=C(O)Cc1ccc(OCC=C(c2ccc(-c3ccoc3)cc2)c2ccc(-c3ccoc3)cc2)c(Br)c1. The van der Waals surface area contributed by atoms with Gasteiger partial charge in [-0.2, -0.15) is 0 Å². The highest BCUT2D eigenvalue weighted by molar-refractivity contribution is 9.10. The number of benzene rings is 3. The van der Waals surface area contributed by atoms with Crippen molar-refractivity contribution in [2.45, 2.75) is 6.42 Å². The van der Waals surface area contributed by atoms with Crippen molar-refractivity contribution >= 4 is 27.5 Å². The Morgan fingerprint density at radius 3 is 1.81 bits per heavy atom. The van der Waals surface area contributed by atoms with Gasteiger partial charge in [0.15, 0.2) is 0 Å². The molecular formula is C31H23BrO5. The molecule has 0 atom stereocenters. The molecule has 0 aliphatic carbocycles. The molecule has 3 aromatic carbocycles. The van der Waals surface area contributed by atoms with Crippen molar-refractivity contribution in [1.82, 2.24) is 0 Å². The average molecular weight is 555 g/mol. The van der Waals surface area contributed by atoms with Gasteiger partial charge in [0.2, 0.25) is 0 Å². The van der Waals surface area contributed by atoms with Gasteiger partial charge in [-0.25, -0.2) is 0 Å². The number of carboxylic acid groups (broad SMARTS) is 1. The predicted octanol–water partition coefficient (Wildman–Crippen LogP) is 8.11. The Morgan fingerprint density at radius 1 is 0.784 bits per heavy atom. The monoisotopic (exact) mass is 554 g/mol. The second kappa shape index (κ2) is 11.2. The number of carboxylic acids is 1. The van der Waals surface area contributed by atoms with Gasteiger partial charge >= 0.3 is 5.97 Å². The zero-order chi connectivity index (χ0) is 25.6. The molecule has 5 aromatic rings. The van der Waals surface area contributed by atoms with Gasteiger partial charge in [-0.05, 0) is 79.7 Å². The van der Waals surface area contributed by atoms with Gasteiger partial charge in [0.25, 0.3) is 0 Å². The molecule has 6 heteroatoms. The standard InChI is InChI=1S/C31H23BrO5/c32-29-17-21(18-31(33)34)1-10-30(29)37-16-13-28(24-6-2-22(3-7-24)26-11-14-35-19-26)25-8-4-23(5-9-25)27-12-15-36-20-27/h1-15,17,19-20H,16,18H2,(H,33,34). The topological polar surface area (TPSA) is 72.8 Å². The Kier molecular flexibility index (Phi) is 7.38. The summed E-state index contributed by atoms with van der Waals surface area (Å²) in [7, 11) is 0. The van der Waals surface area contributed by atoms with Crippen LogP contribution in [0.5, 0.6) is 5.75 Å². The molecule has 184 valence electrons. The molecule has 0 unspecified atom stereocenters. The first kappa shape index (κ1) is 24.4. The molecule has 5 rings (SSSR count). The maximum atomic E-state index is 11.0. The van der Waals surface area contributed by atoms with E-state index in [0.717, 1.165) is 43.4 Å². The summed E-state index contributed by atoms with van der Waals surface area (Å²) in [5.74, 6) is -0.221. The third-order valence-electron chi connectivity index (χ3n) is 5.98. The lowest BCUT2D eigenvalue weighted by molar-refractivity contribution is -0.136. The summed E-state index contributed by atoms with van der Waals surface area (Å²) in [4.78, 5) is 11.0. The summed E-state index contributed by atoms with van der Waals surface area (Å²) < 4.78 is 17.2. The van der Waals surface area contributed by atoms with Crippen molar-refractivity contribution in [1.29, 1.82) is 0 Å². The summed E-state index contributed by atoms with van der Waals surface area (Å²) in [6.07, 6.45) is 8.81. The van der Waals surface area contributed by atoms with E-state index in [9.17, 15) is 4.79 Å². The lowest BCUT2D eigenvalue weighted by Crippen LogP contribution is -2.01. The maximum Gasteiger partial charge on any atom is 0.307 e. The van der Waals surface area contributed by atoms with Crippen molar-refractivity contribution in [2.75, 3.05) is 6.61 Å². The second-order valence-corrected chi connectivity index (χ2v) is 9.30. The van der Waals surface area contributed by atoms with Crippen LogP contribution in [-0.2, 0) is 11.2 Å². The molecule has 0 amide bonds. The molecule has 2 aromatic heterocycles. The van der Waals surface area contributed by atoms with E-state index in [0.29, 0.717) is 17.9 Å². The van der Waals surface area contributed by atoms with Crippen LogP contribution in [0.4, 0.5) is 0 Å². The van der Waals surface area contributed by atoms with Crippen LogP contribution in [0.1, 0.15) is 16.7 Å². The molecule has 2 heterocycles. The number of hydrogen-bond donors (Lipinski definition) is 1. The maximum absolute atomic E-state index is 11.0. The van der Waals surface area contributed by atoms with Crippen LogP contribution in [0.25, 0.3) is 27.8 Å². The highest BCUT2D eigenvalue weighted by atomic mass is 79.9. The molecule has 0 saturated heterocycles. The molecular weight excluding hydrogens is 532 g/mol. The van der Waals surface area contributed by atoms with E-state index in [2.05, 4.69) is 70.5 Å². The van der Waals surface area contributed by atoms with Crippen LogP contribution in [0.2, 0.25) is 0 Å². The van der Waals surface area contributed by atoms with E-state index in [1.54, 1.807) is 43.3 Å². The van der Waals surface area contributed by atoms with Crippen molar-refractivity contribution in [3.8, 4) is 28.0 Å². The lowest BCUT2D eigenvalue weighted by Gasteiger charge is -2.12. The number of halogens is 1. The molecule has 0 aliphatic heterocycles.